The largest absolute Gasteiger partial charge is 0.394 e. The minimum atomic E-state index is -0.176. The Morgan fingerprint density at radius 1 is 1.24 bits per heavy atom. The lowest BCUT2D eigenvalue weighted by atomic mass is 9.70. The Hall–Kier alpha value is -1.36. The van der Waals surface area contributed by atoms with Crippen molar-refractivity contribution in [1.82, 2.24) is 9.80 Å². The van der Waals surface area contributed by atoms with E-state index in [2.05, 4.69) is 53.4 Å². The molecule has 2 unspecified atom stereocenters. The van der Waals surface area contributed by atoms with E-state index in [9.17, 15) is 9.90 Å². The summed E-state index contributed by atoms with van der Waals surface area (Å²) in [6, 6.07) is -0.0708. The highest BCUT2D eigenvalue weighted by atomic mass is 16.3. The highest BCUT2D eigenvalue weighted by Crippen LogP contribution is 2.44. The second-order valence-corrected chi connectivity index (χ2v) is 9.37. The number of aliphatic hydroxyl groups excluding tert-OH is 1. The third-order valence-corrected chi connectivity index (χ3v) is 5.21. The molecule has 2 aliphatic rings. The molecule has 0 radical (unpaired) electrons. The van der Waals surface area contributed by atoms with Gasteiger partial charge in [0.1, 0.15) is 5.84 Å². The van der Waals surface area contributed by atoms with Gasteiger partial charge in [0.2, 0.25) is 5.91 Å². The number of nitrogens with zero attached hydrogens (tertiary/aromatic N) is 3. The fourth-order valence-corrected chi connectivity index (χ4v) is 4.00. The number of amides is 1. The van der Waals surface area contributed by atoms with Crippen LogP contribution >= 0.6 is 0 Å². The van der Waals surface area contributed by atoms with Gasteiger partial charge in [0.25, 0.3) is 0 Å². The van der Waals surface area contributed by atoms with Crippen molar-refractivity contribution >= 4 is 11.7 Å². The normalized spacial score (nSPS) is 25.1. The average molecular weight is 350 g/mol. The van der Waals surface area contributed by atoms with Crippen LogP contribution in [0.15, 0.2) is 16.3 Å². The molecule has 0 aromatic rings. The molecule has 5 heteroatoms. The average Bonchev–Trinajstić information content (AvgIpc) is 2.49. The second kappa shape index (κ2) is 6.75. The molecule has 2 atom stereocenters. The van der Waals surface area contributed by atoms with Gasteiger partial charge in [0.05, 0.1) is 25.2 Å². The summed E-state index contributed by atoms with van der Waals surface area (Å²) >= 11 is 0. The standard InChI is InChI=1S/C20H35N3O2/c1-9-16-21-18(20(6,7)8)17(19(3,4)5)15-11-22(13(2)25)14(12-24)10-23(15)16/h14,18,24H,9-12H2,1-8H3. The lowest BCUT2D eigenvalue weighted by Gasteiger charge is -2.50. The van der Waals surface area contributed by atoms with Gasteiger partial charge in [-0.25, -0.2) is 0 Å². The van der Waals surface area contributed by atoms with Gasteiger partial charge in [-0.2, -0.15) is 0 Å². The number of hydrogen-bond acceptors (Lipinski definition) is 4. The number of fused-ring (bicyclic) bond motifs is 1. The van der Waals surface area contributed by atoms with E-state index in [1.54, 1.807) is 6.92 Å². The van der Waals surface area contributed by atoms with Gasteiger partial charge in [0.15, 0.2) is 0 Å². The minimum absolute atomic E-state index is 0.0109. The first-order valence-corrected chi connectivity index (χ1v) is 9.37. The van der Waals surface area contributed by atoms with Crippen molar-refractivity contribution in [1.29, 1.82) is 0 Å². The van der Waals surface area contributed by atoms with E-state index in [-0.39, 0.29) is 35.4 Å². The Balaban J connectivity index is 2.64. The van der Waals surface area contributed by atoms with Gasteiger partial charge in [-0.15, -0.1) is 0 Å². The van der Waals surface area contributed by atoms with Gasteiger partial charge >= 0.3 is 0 Å². The minimum Gasteiger partial charge on any atom is -0.394 e. The van der Waals surface area contributed by atoms with E-state index >= 15 is 0 Å². The lowest BCUT2D eigenvalue weighted by molar-refractivity contribution is -0.133. The zero-order chi connectivity index (χ0) is 19.2. The van der Waals surface area contributed by atoms with E-state index in [1.165, 1.54) is 11.3 Å². The number of amidine groups is 1. The molecule has 2 heterocycles. The third-order valence-electron chi connectivity index (χ3n) is 5.21. The number of aliphatic hydroxyl groups is 1. The number of hydrogen-bond donors (Lipinski definition) is 1. The number of carbonyl (C=O) groups excluding carboxylic acids is 1. The van der Waals surface area contributed by atoms with Crippen molar-refractivity contribution < 1.29 is 9.90 Å². The molecule has 25 heavy (non-hydrogen) atoms. The number of piperazine rings is 1. The first kappa shape index (κ1) is 20.0. The summed E-state index contributed by atoms with van der Waals surface area (Å²) in [6.45, 7) is 18.3. The van der Waals surface area contributed by atoms with Crippen LogP contribution in [0.3, 0.4) is 0 Å². The van der Waals surface area contributed by atoms with Crippen molar-refractivity contribution in [2.45, 2.75) is 73.9 Å². The summed E-state index contributed by atoms with van der Waals surface area (Å²) < 4.78 is 0. The molecule has 0 aromatic heterocycles. The molecule has 1 saturated heterocycles. The summed E-state index contributed by atoms with van der Waals surface area (Å²) in [5, 5.41) is 9.79. The maximum Gasteiger partial charge on any atom is 0.220 e. The van der Waals surface area contributed by atoms with Crippen molar-refractivity contribution in [3.8, 4) is 0 Å². The number of carbonyl (C=O) groups is 1. The van der Waals surface area contributed by atoms with Crippen LogP contribution in [0.25, 0.3) is 0 Å². The Bertz CT molecular complexity index is 593. The molecule has 0 spiro atoms. The Kier molecular flexibility index (Phi) is 5.39. The van der Waals surface area contributed by atoms with E-state index in [0.717, 1.165) is 12.3 Å². The molecule has 0 saturated carbocycles. The maximum absolute atomic E-state index is 12.2. The molecule has 2 aliphatic heterocycles. The highest BCUT2D eigenvalue weighted by molar-refractivity contribution is 5.86. The molecule has 1 amide bonds. The van der Waals surface area contributed by atoms with Crippen molar-refractivity contribution in [3.05, 3.63) is 11.3 Å². The monoisotopic (exact) mass is 349 g/mol. The predicted octanol–water partition coefficient (Wildman–Crippen LogP) is 3.05. The van der Waals surface area contributed by atoms with E-state index in [4.69, 9.17) is 4.99 Å². The zero-order valence-electron chi connectivity index (χ0n) is 17.2. The van der Waals surface area contributed by atoms with Crippen LogP contribution in [0, 0.1) is 10.8 Å². The Morgan fingerprint density at radius 3 is 2.24 bits per heavy atom. The summed E-state index contributed by atoms with van der Waals surface area (Å²) in [5.41, 5.74) is 2.50. The first-order valence-electron chi connectivity index (χ1n) is 9.37. The van der Waals surface area contributed by atoms with Gasteiger partial charge in [-0.1, -0.05) is 48.5 Å². The van der Waals surface area contributed by atoms with Crippen LogP contribution < -0.4 is 0 Å². The van der Waals surface area contributed by atoms with E-state index in [0.29, 0.717) is 13.1 Å². The van der Waals surface area contributed by atoms with Gasteiger partial charge < -0.3 is 14.9 Å². The quantitative estimate of drug-likeness (QED) is 0.834. The van der Waals surface area contributed by atoms with E-state index < -0.39 is 0 Å². The summed E-state index contributed by atoms with van der Waals surface area (Å²) in [5.74, 6) is 1.09. The second-order valence-electron chi connectivity index (χ2n) is 9.37. The molecule has 0 aromatic carbocycles. The predicted molar refractivity (Wildman–Crippen MR) is 102 cm³/mol. The number of aliphatic imine (C=N–C) groups is 1. The molecule has 5 nitrogen and oxygen atoms in total. The lowest BCUT2D eigenvalue weighted by Crippen LogP contribution is -2.59. The smallest absolute Gasteiger partial charge is 0.220 e. The van der Waals surface area contributed by atoms with Crippen LogP contribution in [-0.4, -0.2) is 58.4 Å². The van der Waals surface area contributed by atoms with Crippen LogP contribution in [0.1, 0.15) is 61.8 Å². The SMILES string of the molecule is CCC1=NC(C(C)(C)C)C(C(C)(C)C)=C2CN(C(C)=O)C(CO)CN12. The van der Waals surface area contributed by atoms with Crippen molar-refractivity contribution in [3.63, 3.8) is 0 Å². The molecular weight excluding hydrogens is 314 g/mol. The third kappa shape index (κ3) is 3.76. The topological polar surface area (TPSA) is 56.1 Å². The fraction of sp³-hybridized carbons (Fsp3) is 0.800. The molecule has 0 bridgehead atoms. The molecule has 0 aliphatic carbocycles. The fourth-order valence-electron chi connectivity index (χ4n) is 4.00. The van der Waals surface area contributed by atoms with Gasteiger partial charge in [0, 0.05) is 25.6 Å². The number of rotatable bonds is 2. The van der Waals surface area contributed by atoms with Crippen LogP contribution in [-0.2, 0) is 4.79 Å². The first-order chi connectivity index (χ1) is 11.4. The molecule has 2 rings (SSSR count). The Morgan fingerprint density at radius 2 is 1.84 bits per heavy atom. The zero-order valence-corrected chi connectivity index (χ0v) is 17.2. The molecule has 1 fully saturated rings. The van der Waals surface area contributed by atoms with Crippen molar-refractivity contribution in [2.24, 2.45) is 15.8 Å². The summed E-state index contributed by atoms with van der Waals surface area (Å²) in [4.78, 5) is 21.4. The summed E-state index contributed by atoms with van der Waals surface area (Å²) in [6.07, 6.45) is 0.853. The summed E-state index contributed by atoms with van der Waals surface area (Å²) in [7, 11) is 0. The molecular formula is C20H35N3O2. The maximum atomic E-state index is 12.2. The molecule has 142 valence electrons. The van der Waals surface area contributed by atoms with Crippen molar-refractivity contribution in [2.75, 3.05) is 19.7 Å². The van der Waals surface area contributed by atoms with Crippen LogP contribution in [0.5, 0.6) is 0 Å². The van der Waals surface area contributed by atoms with Gasteiger partial charge in [-0.05, 0) is 16.4 Å². The molecule has 1 N–H and O–H groups in total. The van der Waals surface area contributed by atoms with Crippen LogP contribution in [0.2, 0.25) is 0 Å². The van der Waals surface area contributed by atoms with E-state index in [1.807, 2.05) is 4.90 Å². The van der Waals surface area contributed by atoms with Gasteiger partial charge in [-0.3, -0.25) is 9.79 Å². The van der Waals surface area contributed by atoms with Crippen LogP contribution in [0.4, 0.5) is 0 Å². The Labute approximate surface area is 152 Å². The highest BCUT2D eigenvalue weighted by Gasteiger charge is 2.44.